The van der Waals surface area contributed by atoms with Crippen LogP contribution < -0.4 is 0 Å². The average Bonchev–Trinajstić information content (AvgIpc) is 3.88. The van der Waals surface area contributed by atoms with Crippen LogP contribution in [0.1, 0.15) is 16.9 Å². The quantitative estimate of drug-likeness (QED) is 0.130. The zero-order valence-corrected chi connectivity index (χ0v) is 30.7. The second-order valence-electron chi connectivity index (χ2n) is 13.4. The molecule has 0 saturated carbocycles. The van der Waals surface area contributed by atoms with Crippen LogP contribution in [0.5, 0.6) is 0 Å². The molecule has 10 rings (SSSR count). The Morgan fingerprint density at radius 3 is 1.79 bits per heavy atom. The Kier molecular flexibility index (Phi) is 8.39. The minimum absolute atomic E-state index is 0.146. The van der Waals surface area contributed by atoms with E-state index in [9.17, 15) is 5.41 Å². The monoisotopic (exact) mass is 737 g/mol. The smallest absolute Gasteiger partial charge is 0.164 e. The normalized spacial score (nSPS) is 11.8. The van der Waals surface area contributed by atoms with E-state index in [1.54, 1.807) is 11.3 Å². The van der Waals surface area contributed by atoms with Gasteiger partial charge in [0, 0.05) is 53.4 Å². The molecule has 0 saturated heterocycles. The number of nitrogens with zero attached hydrogens (tertiary/aromatic N) is 4. The molecule has 0 aliphatic heterocycles. The molecule has 0 fully saturated rings. The summed E-state index contributed by atoms with van der Waals surface area (Å²) in [7, 11) is 0. The minimum atomic E-state index is 0.146. The molecule has 7 heteroatoms. The van der Waals surface area contributed by atoms with Gasteiger partial charge in [0.2, 0.25) is 0 Å². The number of fused-ring (bicyclic) bond motifs is 4. The number of amidine groups is 1. The molecule has 1 N–H and O–H groups in total. The van der Waals surface area contributed by atoms with Crippen LogP contribution in [0.25, 0.3) is 76.4 Å². The lowest BCUT2D eigenvalue weighted by atomic mass is 10.0. The number of thiophene rings is 1. The van der Waals surface area contributed by atoms with Crippen molar-refractivity contribution < 1.29 is 4.42 Å². The highest BCUT2D eigenvalue weighted by Gasteiger charge is 2.19. The number of rotatable bonds is 7. The van der Waals surface area contributed by atoms with E-state index in [2.05, 4.69) is 60.7 Å². The van der Waals surface area contributed by atoms with E-state index in [1.807, 2.05) is 121 Å². The zero-order valence-electron chi connectivity index (χ0n) is 29.9. The molecule has 10 aromatic rings. The number of aromatic nitrogens is 3. The van der Waals surface area contributed by atoms with E-state index in [0.29, 0.717) is 28.9 Å². The van der Waals surface area contributed by atoms with Gasteiger partial charge < -0.3 is 4.42 Å². The van der Waals surface area contributed by atoms with Crippen LogP contribution in [0.2, 0.25) is 0 Å². The number of nitrogens with one attached hydrogen (secondary N) is 1. The number of hydrogen-bond donors (Lipinski definition) is 1. The summed E-state index contributed by atoms with van der Waals surface area (Å²) >= 11 is 1.69. The molecule has 0 aliphatic carbocycles. The fourth-order valence-corrected chi connectivity index (χ4v) is 8.20. The minimum Gasteiger partial charge on any atom is -0.454 e. The summed E-state index contributed by atoms with van der Waals surface area (Å²) in [5, 5.41) is 12.4. The summed E-state index contributed by atoms with van der Waals surface area (Å²) in [5.41, 5.74) is 7.93. The van der Waals surface area contributed by atoms with Crippen molar-refractivity contribution in [1.82, 2.24) is 15.0 Å². The first-order chi connectivity index (χ1) is 27.6. The van der Waals surface area contributed by atoms with E-state index in [-0.39, 0.29) is 5.84 Å². The molecule has 0 bridgehead atoms. The van der Waals surface area contributed by atoms with E-state index in [4.69, 9.17) is 24.4 Å². The Hall–Kier alpha value is -7.35. The van der Waals surface area contributed by atoms with Gasteiger partial charge in [0.15, 0.2) is 29.1 Å². The molecule has 0 atom stereocenters. The van der Waals surface area contributed by atoms with Crippen LogP contribution in [0, 0.1) is 5.41 Å². The average molecular weight is 738 g/mol. The highest BCUT2D eigenvalue weighted by atomic mass is 32.1. The lowest BCUT2D eigenvalue weighted by molar-refractivity contribution is 0.605. The SMILES string of the molecule is N=C(/N=C(/c1ccccc1)c1cc2ccccc2o1)c1cccc2sc3ccc(-c4nc(-c5ccccc5)nc(-c5ccc(-c6ccccc6)cc5)n4)cc3c12. The summed E-state index contributed by atoms with van der Waals surface area (Å²) < 4.78 is 8.46. The second kappa shape index (κ2) is 14.1. The van der Waals surface area contributed by atoms with Crippen molar-refractivity contribution in [3.63, 3.8) is 0 Å². The maximum atomic E-state index is 9.47. The largest absolute Gasteiger partial charge is 0.454 e. The lowest BCUT2D eigenvalue weighted by Gasteiger charge is -2.10. The van der Waals surface area contributed by atoms with E-state index in [0.717, 1.165) is 70.1 Å². The number of para-hydroxylation sites is 1. The highest BCUT2D eigenvalue weighted by Crippen LogP contribution is 2.39. The van der Waals surface area contributed by atoms with Gasteiger partial charge in [-0.1, -0.05) is 146 Å². The molecule has 56 heavy (non-hydrogen) atoms. The van der Waals surface area contributed by atoms with Crippen molar-refractivity contribution in [3.05, 3.63) is 199 Å². The van der Waals surface area contributed by atoms with Crippen molar-refractivity contribution in [1.29, 1.82) is 5.41 Å². The second-order valence-corrected chi connectivity index (χ2v) is 14.5. The summed E-state index contributed by atoms with van der Waals surface area (Å²) in [6, 6.07) is 60.9. The summed E-state index contributed by atoms with van der Waals surface area (Å²) in [4.78, 5) is 20.0. The van der Waals surface area contributed by atoms with Gasteiger partial charge in [-0.05, 0) is 47.5 Å². The number of hydrogen-bond acceptors (Lipinski definition) is 6. The Balaban J connectivity index is 1.09. The third kappa shape index (κ3) is 6.26. The first-order valence-corrected chi connectivity index (χ1v) is 19.1. The molecule has 0 spiro atoms. The van der Waals surface area contributed by atoms with Crippen LogP contribution in [-0.4, -0.2) is 26.5 Å². The van der Waals surface area contributed by atoms with Crippen molar-refractivity contribution in [3.8, 4) is 45.3 Å². The van der Waals surface area contributed by atoms with E-state index >= 15 is 0 Å². The first-order valence-electron chi connectivity index (χ1n) is 18.3. The van der Waals surface area contributed by atoms with Crippen LogP contribution in [0.4, 0.5) is 0 Å². The van der Waals surface area contributed by atoms with Gasteiger partial charge in [0.25, 0.3) is 0 Å². The molecule has 264 valence electrons. The molecule has 3 aromatic heterocycles. The van der Waals surface area contributed by atoms with Crippen LogP contribution in [0.3, 0.4) is 0 Å². The molecular formula is C49H31N5OS. The van der Waals surface area contributed by atoms with Crippen LogP contribution >= 0.6 is 11.3 Å². The standard InChI is InChI=1S/C49H31N5OS/c50-46(51-45(33-15-6-2-7-16-33)41-30-36-19-10-11-21-40(36)55-41)38-20-12-22-43-44(38)39-29-37(27-28-42(39)56-43)49-53-47(34-17-8-3-9-18-34)52-48(54-49)35-25-23-32(24-26-35)31-13-4-1-5-14-31/h1-30,50H/b50-46?,51-45-. The molecule has 0 aliphatic rings. The van der Waals surface area contributed by atoms with Crippen molar-refractivity contribution in [2.45, 2.75) is 0 Å². The Labute approximate surface area is 326 Å². The van der Waals surface area contributed by atoms with Gasteiger partial charge in [-0.2, -0.15) is 0 Å². The number of furan rings is 1. The number of benzene rings is 7. The molecule has 0 radical (unpaired) electrons. The maximum absolute atomic E-state index is 9.47. The fourth-order valence-electron chi connectivity index (χ4n) is 7.08. The zero-order chi connectivity index (χ0) is 37.4. The molecule has 6 nitrogen and oxygen atoms in total. The highest BCUT2D eigenvalue weighted by molar-refractivity contribution is 7.25. The van der Waals surface area contributed by atoms with Crippen molar-refractivity contribution in [2.24, 2.45) is 4.99 Å². The van der Waals surface area contributed by atoms with Gasteiger partial charge in [-0.25, -0.2) is 19.9 Å². The summed E-state index contributed by atoms with van der Waals surface area (Å²) in [6.07, 6.45) is 0. The molecule has 7 aromatic carbocycles. The Bertz CT molecular complexity index is 3050. The van der Waals surface area contributed by atoms with Gasteiger partial charge in [0.05, 0.1) is 0 Å². The molecule has 0 unspecified atom stereocenters. The maximum Gasteiger partial charge on any atom is 0.164 e. The fraction of sp³-hybridized carbons (Fsp3) is 0. The topological polar surface area (TPSA) is 88.0 Å². The van der Waals surface area contributed by atoms with Crippen molar-refractivity contribution in [2.75, 3.05) is 0 Å². The Morgan fingerprint density at radius 2 is 1.07 bits per heavy atom. The first kappa shape index (κ1) is 33.2. The number of aliphatic imine (C=N–C) groups is 1. The molecule has 0 amide bonds. The van der Waals surface area contributed by atoms with Crippen LogP contribution in [0.15, 0.2) is 191 Å². The van der Waals surface area contributed by atoms with E-state index in [1.165, 1.54) is 0 Å². The Morgan fingerprint density at radius 1 is 0.500 bits per heavy atom. The van der Waals surface area contributed by atoms with Gasteiger partial charge in [0.1, 0.15) is 11.3 Å². The van der Waals surface area contributed by atoms with E-state index < -0.39 is 0 Å². The van der Waals surface area contributed by atoms with Gasteiger partial charge >= 0.3 is 0 Å². The third-order valence-corrected chi connectivity index (χ3v) is 11.0. The summed E-state index contributed by atoms with van der Waals surface area (Å²) in [5.74, 6) is 2.53. The summed E-state index contributed by atoms with van der Waals surface area (Å²) in [6.45, 7) is 0. The predicted octanol–water partition coefficient (Wildman–Crippen LogP) is 12.5. The lowest BCUT2D eigenvalue weighted by Crippen LogP contribution is -2.07. The predicted molar refractivity (Wildman–Crippen MR) is 230 cm³/mol. The van der Waals surface area contributed by atoms with Gasteiger partial charge in [-0.15, -0.1) is 11.3 Å². The third-order valence-electron chi connectivity index (χ3n) is 9.86. The molecular weight excluding hydrogens is 707 g/mol. The van der Waals surface area contributed by atoms with Crippen LogP contribution in [-0.2, 0) is 0 Å². The van der Waals surface area contributed by atoms with Crippen molar-refractivity contribution >= 4 is 54.0 Å². The molecule has 3 heterocycles. The van der Waals surface area contributed by atoms with Gasteiger partial charge in [-0.3, -0.25) is 5.41 Å².